The lowest BCUT2D eigenvalue weighted by Gasteiger charge is -2.09. The second-order valence-corrected chi connectivity index (χ2v) is 5.01. The van der Waals surface area contributed by atoms with Crippen LogP contribution in [0.15, 0.2) is 53.5 Å². The molecule has 0 atom stereocenters. The predicted molar refractivity (Wildman–Crippen MR) is 87.7 cm³/mol. The van der Waals surface area contributed by atoms with Crippen LogP contribution < -0.4 is 10.1 Å². The van der Waals surface area contributed by atoms with Crippen LogP contribution in [0.5, 0.6) is 5.88 Å². The highest BCUT2D eigenvalue weighted by Crippen LogP contribution is 2.18. The highest BCUT2D eigenvalue weighted by molar-refractivity contribution is 5.96. The molecule has 3 aromatic rings. The van der Waals surface area contributed by atoms with Crippen LogP contribution in [0.3, 0.4) is 0 Å². The van der Waals surface area contributed by atoms with E-state index in [2.05, 4.69) is 15.4 Å². The number of ether oxygens (including phenoxy) is 1. The molecule has 0 fully saturated rings. The molecule has 24 heavy (non-hydrogen) atoms. The average Bonchev–Trinajstić information content (AvgIpc) is 3.27. The smallest absolute Gasteiger partial charge is 0.256 e. The lowest BCUT2D eigenvalue weighted by atomic mass is 10.2. The second-order valence-electron chi connectivity index (χ2n) is 5.01. The summed E-state index contributed by atoms with van der Waals surface area (Å²) in [6.45, 7) is 3.31. The molecule has 0 aliphatic rings. The third-order valence-electron chi connectivity index (χ3n) is 3.36. The number of nitrogens with zero attached hydrogens (tertiary/aromatic N) is 3. The molecule has 0 aliphatic heterocycles. The summed E-state index contributed by atoms with van der Waals surface area (Å²) in [5.74, 6) is 0.892. The number of hydrogen-bond acceptors (Lipinski definition) is 5. The van der Waals surface area contributed by atoms with Gasteiger partial charge >= 0.3 is 0 Å². The molecule has 7 nitrogen and oxygen atoms in total. The van der Waals surface area contributed by atoms with Gasteiger partial charge in [-0.1, -0.05) is 0 Å². The Bertz CT molecular complexity index is 796. The number of carbonyl (C=O) groups excluding carboxylic acids is 1. The van der Waals surface area contributed by atoms with Crippen LogP contribution in [-0.4, -0.2) is 33.8 Å². The van der Waals surface area contributed by atoms with Crippen molar-refractivity contribution in [3.63, 3.8) is 0 Å². The average molecular weight is 326 g/mol. The van der Waals surface area contributed by atoms with Gasteiger partial charge in [-0.3, -0.25) is 9.48 Å². The van der Waals surface area contributed by atoms with Crippen molar-refractivity contribution in [2.45, 2.75) is 13.5 Å². The zero-order valence-corrected chi connectivity index (χ0v) is 13.3. The molecule has 1 amide bonds. The molecule has 0 saturated heterocycles. The van der Waals surface area contributed by atoms with Gasteiger partial charge in [0.25, 0.3) is 5.91 Å². The monoisotopic (exact) mass is 326 g/mol. The number of aromatic nitrogens is 3. The van der Waals surface area contributed by atoms with Crippen LogP contribution in [0.4, 0.5) is 0 Å². The Hall–Kier alpha value is -3.09. The van der Waals surface area contributed by atoms with E-state index in [0.29, 0.717) is 31.1 Å². The number of furan rings is 1. The van der Waals surface area contributed by atoms with Gasteiger partial charge in [-0.25, -0.2) is 4.98 Å². The molecular weight excluding hydrogens is 308 g/mol. The van der Waals surface area contributed by atoms with Gasteiger partial charge < -0.3 is 14.5 Å². The van der Waals surface area contributed by atoms with Gasteiger partial charge in [0.2, 0.25) is 5.88 Å². The normalized spacial score (nSPS) is 10.5. The van der Waals surface area contributed by atoms with Crippen molar-refractivity contribution in [1.29, 1.82) is 0 Å². The fraction of sp³-hybridized carbons (Fsp3) is 0.235. The molecule has 0 radical (unpaired) electrons. The van der Waals surface area contributed by atoms with Crippen molar-refractivity contribution < 1.29 is 13.9 Å². The van der Waals surface area contributed by atoms with E-state index in [4.69, 9.17) is 9.15 Å². The summed E-state index contributed by atoms with van der Waals surface area (Å²) in [5, 5.41) is 7.10. The first-order valence-electron chi connectivity index (χ1n) is 7.70. The van der Waals surface area contributed by atoms with Crippen molar-refractivity contribution in [2.75, 3.05) is 13.2 Å². The number of nitrogens with one attached hydrogen (secondary N) is 1. The highest BCUT2D eigenvalue weighted by atomic mass is 16.5. The Kier molecular flexibility index (Phi) is 4.90. The maximum atomic E-state index is 12.2. The fourth-order valence-electron chi connectivity index (χ4n) is 2.25. The Labute approximate surface area is 139 Å². The highest BCUT2D eigenvalue weighted by Gasteiger charge is 2.12. The van der Waals surface area contributed by atoms with Crippen LogP contribution in [0.2, 0.25) is 0 Å². The minimum atomic E-state index is -0.218. The third-order valence-corrected chi connectivity index (χ3v) is 3.36. The van der Waals surface area contributed by atoms with E-state index in [1.807, 2.05) is 25.3 Å². The zero-order chi connectivity index (χ0) is 16.8. The molecule has 124 valence electrons. The Morgan fingerprint density at radius 3 is 3.08 bits per heavy atom. The summed E-state index contributed by atoms with van der Waals surface area (Å²) in [6, 6.07) is 7.11. The topological polar surface area (TPSA) is 82.2 Å². The van der Waals surface area contributed by atoms with Crippen LogP contribution in [0.1, 0.15) is 17.3 Å². The lowest BCUT2D eigenvalue weighted by molar-refractivity contribution is 0.0947. The first kappa shape index (κ1) is 15.8. The van der Waals surface area contributed by atoms with Crippen molar-refractivity contribution in [1.82, 2.24) is 20.1 Å². The van der Waals surface area contributed by atoms with E-state index in [9.17, 15) is 4.79 Å². The van der Waals surface area contributed by atoms with Crippen molar-refractivity contribution in [2.24, 2.45) is 0 Å². The molecule has 1 N–H and O–H groups in total. The van der Waals surface area contributed by atoms with Crippen LogP contribution in [0, 0.1) is 0 Å². The number of rotatable bonds is 7. The molecule has 3 rings (SSSR count). The molecule has 3 aromatic heterocycles. The molecule has 0 saturated carbocycles. The first-order chi connectivity index (χ1) is 11.8. The van der Waals surface area contributed by atoms with Crippen LogP contribution >= 0.6 is 0 Å². The van der Waals surface area contributed by atoms with Gasteiger partial charge in [0.15, 0.2) is 0 Å². The summed E-state index contributed by atoms with van der Waals surface area (Å²) >= 11 is 0. The maximum absolute atomic E-state index is 12.2. The van der Waals surface area contributed by atoms with E-state index < -0.39 is 0 Å². The van der Waals surface area contributed by atoms with Crippen molar-refractivity contribution in [3.05, 3.63) is 54.7 Å². The minimum Gasteiger partial charge on any atom is -0.477 e. The quantitative estimate of drug-likeness (QED) is 0.721. The van der Waals surface area contributed by atoms with Gasteiger partial charge in [-0.2, -0.15) is 5.10 Å². The van der Waals surface area contributed by atoms with E-state index in [0.717, 1.165) is 11.3 Å². The van der Waals surface area contributed by atoms with Gasteiger partial charge in [0.1, 0.15) is 11.3 Å². The largest absolute Gasteiger partial charge is 0.477 e. The molecule has 0 aliphatic carbocycles. The Morgan fingerprint density at radius 2 is 2.29 bits per heavy atom. The summed E-state index contributed by atoms with van der Waals surface area (Å²) in [4.78, 5) is 16.3. The zero-order valence-electron chi connectivity index (χ0n) is 13.3. The summed E-state index contributed by atoms with van der Waals surface area (Å²) in [5.41, 5.74) is 1.33. The predicted octanol–water partition coefficient (Wildman–Crippen LogP) is 2.37. The molecular formula is C17H18N4O3. The molecule has 0 aromatic carbocycles. The Morgan fingerprint density at radius 1 is 1.38 bits per heavy atom. The summed E-state index contributed by atoms with van der Waals surface area (Å²) < 4.78 is 12.4. The first-order valence-corrected chi connectivity index (χ1v) is 7.70. The second kappa shape index (κ2) is 7.45. The van der Waals surface area contributed by atoms with E-state index in [1.165, 1.54) is 0 Å². The van der Waals surface area contributed by atoms with E-state index in [-0.39, 0.29) is 5.91 Å². The van der Waals surface area contributed by atoms with Crippen LogP contribution in [-0.2, 0) is 6.54 Å². The molecule has 0 spiro atoms. The summed E-state index contributed by atoms with van der Waals surface area (Å²) in [6.07, 6.45) is 6.83. The number of amides is 1. The third kappa shape index (κ3) is 3.62. The number of carbonyl (C=O) groups is 1. The van der Waals surface area contributed by atoms with Gasteiger partial charge in [0, 0.05) is 18.9 Å². The molecule has 7 heteroatoms. The number of pyridine rings is 1. The molecule has 0 bridgehead atoms. The van der Waals surface area contributed by atoms with Crippen LogP contribution in [0.25, 0.3) is 11.3 Å². The van der Waals surface area contributed by atoms with E-state index in [1.54, 1.807) is 35.5 Å². The standard InChI is InChI=1S/C17H18N4O3/c1-2-23-17-14(5-3-7-19-17)16(22)18-8-9-21-12-13(11-20-21)15-6-4-10-24-15/h3-7,10-12H,2,8-9H2,1H3,(H,18,22). The lowest BCUT2D eigenvalue weighted by Crippen LogP contribution is -2.28. The fourth-order valence-corrected chi connectivity index (χ4v) is 2.25. The van der Waals surface area contributed by atoms with Gasteiger partial charge in [-0.15, -0.1) is 0 Å². The van der Waals surface area contributed by atoms with E-state index >= 15 is 0 Å². The van der Waals surface area contributed by atoms with Gasteiger partial charge in [-0.05, 0) is 31.2 Å². The van der Waals surface area contributed by atoms with Gasteiger partial charge in [0.05, 0.1) is 31.2 Å². The number of hydrogen-bond donors (Lipinski definition) is 1. The minimum absolute atomic E-state index is 0.218. The Balaban J connectivity index is 1.56. The van der Waals surface area contributed by atoms with Crippen molar-refractivity contribution in [3.8, 4) is 17.2 Å². The SMILES string of the molecule is CCOc1ncccc1C(=O)NCCn1cc(-c2ccco2)cn1. The van der Waals surface area contributed by atoms with Crippen molar-refractivity contribution >= 4 is 5.91 Å². The molecule has 0 unspecified atom stereocenters. The summed E-state index contributed by atoms with van der Waals surface area (Å²) in [7, 11) is 0. The maximum Gasteiger partial charge on any atom is 0.256 e. The molecule has 3 heterocycles.